The number of benzene rings is 2. The number of nitrogens with one attached hydrogen (secondary N) is 1. The number of carbonyl (C=O) groups is 2. The number of amides is 1. The van der Waals surface area contributed by atoms with E-state index in [4.69, 9.17) is 23.2 Å². The monoisotopic (exact) mass is 404 g/mol. The summed E-state index contributed by atoms with van der Waals surface area (Å²) in [6.07, 6.45) is 0. The van der Waals surface area contributed by atoms with E-state index in [9.17, 15) is 14.7 Å². The van der Waals surface area contributed by atoms with Crippen LogP contribution in [0.5, 0.6) is 5.75 Å². The van der Waals surface area contributed by atoms with Crippen LogP contribution in [0.4, 0.5) is 0 Å². The third kappa shape index (κ3) is 3.29. The number of nitrogens with zero attached hydrogens (tertiary/aromatic N) is 1. The lowest BCUT2D eigenvalue weighted by Crippen LogP contribution is -2.24. The van der Waals surface area contributed by atoms with E-state index < -0.39 is 5.92 Å². The van der Waals surface area contributed by atoms with Gasteiger partial charge in [-0.2, -0.15) is 0 Å². The summed E-state index contributed by atoms with van der Waals surface area (Å²) < 4.78 is 1.53. The fourth-order valence-electron chi connectivity index (χ4n) is 3.34. The van der Waals surface area contributed by atoms with Gasteiger partial charge in [0, 0.05) is 23.7 Å². The van der Waals surface area contributed by atoms with E-state index in [1.54, 1.807) is 45.2 Å². The summed E-state index contributed by atoms with van der Waals surface area (Å²) in [5.74, 6) is -0.909. The predicted molar refractivity (Wildman–Crippen MR) is 107 cm³/mol. The molecule has 0 fully saturated rings. The fraction of sp³-hybridized carbons (Fsp3) is 0.200. The topological polar surface area (TPSA) is 71.3 Å². The Hall–Kier alpha value is -2.50. The Morgan fingerprint density at radius 1 is 1.11 bits per heavy atom. The lowest BCUT2D eigenvalue weighted by molar-refractivity contribution is -0.121. The molecule has 1 heterocycles. The van der Waals surface area contributed by atoms with E-state index >= 15 is 0 Å². The summed E-state index contributed by atoms with van der Waals surface area (Å²) in [7, 11) is 1.56. The second-order valence-corrected chi connectivity index (χ2v) is 7.12. The number of hydrogen-bond donors (Lipinski definition) is 2. The molecule has 2 N–H and O–H groups in total. The lowest BCUT2D eigenvalue weighted by atomic mass is 9.97. The van der Waals surface area contributed by atoms with Crippen molar-refractivity contribution >= 4 is 45.9 Å². The highest BCUT2D eigenvalue weighted by molar-refractivity contribution is 6.42. The van der Waals surface area contributed by atoms with E-state index in [-0.39, 0.29) is 22.6 Å². The maximum absolute atomic E-state index is 13.2. The zero-order valence-electron chi connectivity index (χ0n) is 15.0. The molecule has 0 aliphatic carbocycles. The van der Waals surface area contributed by atoms with Gasteiger partial charge in [0.2, 0.25) is 5.91 Å². The summed E-state index contributed by atoms with van der Waals surface area (Å²) in [6.45, 7) is 3.54. The summed E-state index contributed by atoms with van der Waals surface area (Å²) in [5, 5.41) is 13.9. The molecule has 0 aliphatic heterocycles. The molecule has 7 heteroatoms. The highest BCUT2D eigenvalue weighted by atomic mass is 35.5. The molecule has 140 valence electrons. The Morgan fingerprint density at radius 2 is 1.81 bits per heavy atom. The van der Waals surface area contributed by atoms with Crippen LogP contribution in [0.1, 0.15) is 34.5 Å². The van der Waals surface area contributed by atoms with Crippen molar-refractivity contribution in [2.45, 2.75) is 19.8 Å². The first-order valence-corrected chi connectivity index (χ1v) is 9.07. The third-order valence-corrected chi connectivity index (χ3v) is 5.42. The molecule has 0 unspecified atom stereocenters. The zero-order chi connectivity index (χ0) is 19.9. The van der Waals surface area contributed by atoms with Gasteiger partial charge in [0.25, 0.3) is 5.91 Å². The number of rotatable bonds is 3. The molecule has 3 aromatic rings. The normalized spacial score (nSPS) is 12.2. The van der Waals surface area contributed by atoms with Crippen molar-refractivity contribution in [3.63, 3.8) is 0 Å². The van der Waals surface area contributed by atoms with Crippen LogP contribution < -0.4 is 5.32 Å². The molecule has 2 aromatic carbocycles. The van der Waals surface area contributed by atoms with Crippen molar-refractivity contribution in [1.29, 1.82) is 0 Å². The van der Waals surface area contributed by atoms with Crippen LogP contribution in [-0.4, -0.2) is 28.5 Å². The number of hydrogen-bond acceptors (Lipinski definition) is 3. The smallest absolute Gasteiger partial charge is 0.262 e. The van der Waals surface area contributed by atoms with Crippen LogP contribution >= 0.6 is 23.2 Å². The number of phenols is 1. The molecule has 1 atom stereocenters. The largest absolute Gasteiger partial charge is 0.508 e. The van der Waals surface area contributed by atoms with Crippen LogP contribution in [0.2, 0.25) is 10.0 Å². The average molecular weight is 405 g/mol. The van der Waals surface area contributed by atoms with E-state index in [2.05, 4.69) is 5.32 Å². The minimum absolute atomic E-state index is 0.0620. The first-order valence-electron chi connectivity index (χ1n) is 8.31. The zero-order valence-corrected chi connectivity index (χ0v) is 16.5. The van der Waals surface area contributed by atoms with E-state index in [0.29, 0.717) is 32.7 Å². The van der Waals surface area contributed by atoms with Gasteiger partial charge >= 0.3 is 0 Å². The van der Waals surface area contributed by atoms with E-state index in [0.717, 1.165) is 0 Å². The van der Waals surface area contributed by atoms with Crippen molar-refractivity contribution in [3.05, 3.63) is 63.3 Å². The predicted octanol–water partition coefficient (Wildman–Crippen LogP) is 4.50. The maximum atomic E-state index is 13.2. The van der Waals surface area contributed by atoms with Gasteiger partial charge < -0.3 is 10.4 Å². The highest BCUT2D eigenvalue weighted by Crippen LogP contribution is 2.35. The maximum Gasteiger partial charge on any atom is 0.262 e. The average Bonchev–Trinajstić information content (AvgIpc) is 2.93. The van der Waals surface area contributed by atoms with Crippen LogP contribution in [0.3, 0.4) is 0 Å². The second kappa shape index (κ2) is 7.25. The molecule has 1 aromatic heterocycles. The summed E-state index contributed by atoms with van der Waals surface area (Å²) in [5.41, 5.74) is 2.29. The van der Waals surface area contributed by atoms with Crippen LogP contribution in [0, 0.1) is 6.92 Å². The summed E-state index contributed by atoms with van der Waals surface area (Å²) in [6, 6.07) is 9.42. The molecule has 0 saturated carbocycles. The quantitative estimate of drug-likeness (QED) is 0.674. The first kappa shape index (κ1) is 19.3. The number of halogens is 2. The standard InChI is InChI=1S/C20H18Cl2N2O3/c1-10(19(26)23-3)18-11(2)24(17-7-5-13(25)9-14(17)18)20(27)12-4-6-15(21)16(22)8-12/h4-10,25H,1-3H3,(H,23,26)/t10-/m0/s1. The van der Waals surface area contributed by atoms with Gasteiger partial charge in [0.05, 0.1) is 21.5 Å². The minimum Gasteiger partial charge on any atom is -0.508 e. The highest BCUT2D eigenvalue weighted by Gasteiger charge is 2.26. The number of carbonyl (C=O) groups excluding carboxylic acids is 2. The Balaban J connectivity index is 2.27. The number of likely N-dealkylation sites (N-methyl/N-ethyl adjacent to an activating group) is 1. The molecule has 0 spiro atoms. The molecule has 1 amide bonds. The molecule has 27 heavy (non-hydrogen) atoms. The van der Waals surface area contributed by atoms with Crippen LogP contribution in [-0.2, 0) is 4.79 Å². The minimum atomic E-state index is -0.498. The number of aromatic hydroxyl groups is 1. The molecule has 0 radical (unpaired) electrons. The Bertz CT molecular complexity index is 1070. The molecule has 0 bridgehead atoms. The Kier molecular flexibility index (Phi) is 5.18. The lowest BCUT2D eigenvalue weighted by Gasteiger charge is -2.12. The van der Waals surface area contributed by atoms with Crippen LogP contribution in [0.25, 0.3) is 10.9 Å². The fourth-order valence-corrected chi connectivity index (χ4v) is 3.64. The van der Waals surface area contributed by atoms with Gasteiger partial charge in [-0.1, -0.05) is 23.2 Å². The van der Waals surface area contributed by atoms with Gasteiger partial charge in [-0.15, -0.1) is 0 Å². The molecule has 0 saturated heterocycles. The van der Waals surface area contributed by atoms with Gasteiger partial charge in [-0.05, 0) is 55.8 Å². The Labute approximate surface area is 166 Å². The number of fused-ring (bicyclic) bond motifs is 1. The van der Waals surface area contributed by atoms with Gasteiger partial charge in [-0.3, -0.25) is 14.2 Å². The third-order valence-electron chi connectivity index (χ3n) is 4.68. The molecule has 5 nitrogen and oxygen atoms in total. The van der Waals surface area contributed by atoms with Crippen molar-refractivity contribution in [3.8, 4) is 5.75 Å². The SMILES string of the molecule is CNC(=O)[C@@H](C)c1c(C)n(C(=O)c2ccc(Cl)c(Cl)c2)c2ccc(O)cc12. The molecular weight excluding hydrogens is 387 g/mol. The van der Waals surface area contributed by atoms with Crippen molar-refractivity contribution in [2.75, 3.05) is 7.05 Å². The van der Waals surface area contributed by atoms with E-state index in [1.165, 1.54) is 16.7 Å². The Morgan fingerprint density at radius 3 is 2.44 bits per heavy atom. The van der Waals surface area contributed by atoms with Gasteiger partial charge in [0.1, 0.15) is 5.75 Å². The van der Waals surface area contributed by atoms with Crippen LogP contribution in [0.15, 0.2) is 36.4 Å². The van der Waals surface area contributed by atoms with Crippen molar-refractivity contribution in [2.24, 2.45) is 0 Å². The molecule has 0 aliphatic rings. The van der Waals surface area contributed by atoms with Gasteiger partial charge in [-0.25, -0.2) is 0 Å². The summed E-state index contributed by atoms with van der Waals surface area (Å²) >= 11 is 12.0. The van der Waals surface area contributed by atoms with Crippen molar-refractivity contribution < 1.29 is 14.7 Å². The van der Waals surface area contributed by atoms with E-state index in [1.807, 2.05) is 0 Å². The molecule has 3 rings (SSSR count). The number of aromatic nitrogens is 1. The second-order valence-electron chi connectivity index (χ2n) is 6.31. The number of phenolic OH excluding ortho intramolecular Hbond substituents is 1. The molecular formula is C20H18Cl2N2O3. The van der Waals surface area contributed by atoms with Crippen molar-refractivity contribution in [1.82, 2.24) is 9.88 Å². The first-order chi connectivity index (χ1) is 12.8. The summed E-state index contributed by atoms with van der Waals surface area (Å²) in [4.78, 5) is 25.4. The van der Waals surface area contributed by atoms with Gasteiger partial charge in [0.15, 0.2) is 0 Å².